The first-order valence-electron chi connectivity index (χ1n) is 6.72. The predicted molar refractivity (Wildman–Crippen MR) is 75.1 cm³/mol. The SMILES string of the molecule is CCCN(CC)CCC(N)c1ccccc1C. The van der Waals surface area contributed by atoms with Gasteiger partial charge in [-0.3, -0.25) is 0 Å². The molecule has 96 valence electrons. The third kappa shape index (κ3) is 4.49. The van der Waals surface area contributed by atoms with Crippen molar-refractivity contribution in [3.05, 3.63) is 35.4 Å². The van der Waals surface area contributed by atoms with Gasteiger partial charge in [0.05, 0.1) is 0 Å². The Morgan fingerprint density at radius 3 is 2.47 bits per heavy atom. The van der Waals surface area contributed by atoms with Gasteiger partial charge in [0.25, 0.3) is 0 Å². The monoisotopic (exact) mass is 234 g/mol. The molecular weight excluding hydrogens is 208 g/mol. The molecule has 1 atom stereocenters. The molecule has 0 aromatic heterocycles. The summed E-state index contributed by atoms with van der Waals surface area (Å²) in [6, 6.07) is 8.60. The molecule has 0 aliphatic heterocycles. The van der Waals surface area contributed by atoms with E-state index in [9.17, 15) is 0 Å². The lowest BCUT2D eigenvalue weighted by molar-refractivity contribution is 0.277. The molecule has 0 spiro atoms. The molecule has 2 N–H and O–H groups in total. The van der Waals surface area contributed by atoms with Crippen molar-refractivity contribution >= 4 is 0 Å². The zero-order valence-electron chi connectivity index (χ0n) is 11.4. The van der Waals surface area contributed by atoms with Gasteiger partial charge in [-0.05, 0) is 50.5 Å². The van der Waals surface area contributed by atoms with Gasteiger partial charge < -0.3 is 10.6 Å². The largest absolute Gasteiger partial charge is 0.324 e. The lowest BCUT2D eigenvalue weighted by atomic mass is 9.99. The van der Waals surface area contributed by atoms with Crippen LogP contribution in [0.2, 0.25) is 0 Å². The van der Waals surface area contributed by atoms with Crippen molar-refractivity contribution in [3.63, 3.8) is 0 Å². The Kier molecular flexibility index (Phi) is 6.23. The summed E-state index contributed by atoms with van der Waals surface area (Å²) in [6.45, 7) is 9.98. The van der Waals surface area contributed by atoms with Gasteiger partial charge in [0.2, 0.25) is 0 Å². The molecule has 0 aliphatic rings. The number of hydrogen-bond donors (Lipinski definition) is 1. The van der Waals surface area contributed by atoms with Crippen LogP contribution in [-0.2, 0) is 0 Å². The van der Waals surface area contributed by atoms with E-state index >= 15 is 0 Å². The van der Waals surface area contributed by atoms with Gasteiger partial charge >= 0.3 is 0 Å². The second-order valence-corrected chi connectivity index (χ2v) is 4.69. The number of benzene rings is 1. The van der Waals surface area contributed by atoms with E-state index < -0.39 is 0 Å². The van der Waals surface area contributed by atoms with E-state index in [0.717, 1.165) is 19.5 Å². The molecule has 17 heavy (non-hydrogen) atoms. The quantitative estimate of drug-likeness (QED) is 0.785. The van der Waals surface area contributed by atoms with Gasteiger partial charge in [-0.25, -0.2) is 0 Å². The highest BCUT2D eigenvalue weighted by atomic mass is 15.1. The Morgan fingerprint density at radius 2 is 1.88 bits per heavy atom. The topological polar surface area (TPSA) is 29.3 Å². The van der Waals surface area contributed by atoms with Crippen LogP contribution in [0.15, 0.2) is 24.3 Å². The normalized spacial score (nSPS) is 13.0. The minimum absolute atomic E-state index is 0.169. The molecule has 0 saturated heterocycles. The third-order valence-electron chi connectivity index (χ3n) is 3.33. The molecule has 1 aromatic carbocycles. The summed E-state index contributed by atoms with van der Waals surface area (Å²) in [4.78, 5) is 2.47. The van der Waals surface area contributed by atoms with Crippen molar-refractivity contribution in [1.29, 1.82) is 0 Å². The minimum atomic E-state index is 0.169. The highest BCUT2D eigenvalue weighted by molar-refractivity contribution is 5.28. The fourth-order valence-corrected chi connectivity index (χ4v) is 2.22. The van der Waals surface area contributed by atoms with Gasteiger partial charge in [0, 0.05) is 6.04 Å². The fourth-order valence-electron chi connectivity index (χ4n) is 2.22. The van der Waals surface area contributed by atoms with Crippen LogP contribution in [0.3, 0.4) is 0 Å². The second-order valence-electron chi connectivity index (χ2n) is 4.69. The van der Waals surface area contributed by atoms with E-state index in [1.807, 2.05) is 0 Å². The average molecular weight is 234 g/mol. The summed E-state index contributed by atoms with van der Waals surface area (Å²) < 4.78 is 0. The van der Waals surface area contributed by atoms with E-state index in [4.69, 9.17) is 5.73 Å². The van der Waals surface area contributed by atoms with Gasteiger partial charge in [0.1, 0.15) is 0 Å². The summed E-state index contributed by atoms with van der Waals surface area (Å²) in [5, 5.41) is 0. The number of rotatable bonds is 7. The highest BCUT2D eigenvalue weighted by Gasteiger charge is 2.10. The van der Waals surface area contributed by atoms with Crippen LogP contribution in [0.4, 0.5) is 0 Å². The molecule has 0 saturated carbocycles. The molecule has 0 radical (unpaired) electrons. The number of nitrogens with two attached hydrogens (primary N) is 1. The highest BCUT2D eigenvalue weighted by Crippen LogP contribution is 2.18. The van der Waals surface area contributed by atoms with Crippen molar-refractivity contribution in [3.8, 4) is 0 Å². The first-order chi connectivity index (χ1) is 8.19. The summed E-state index contributed by atoms with van der Waals surface area (Å²) in [5.41, 5.74) is 8.86. The molecule has 0 fully saturated rings. The molecule has 1 unspecified atom stereocenters. The molecular formula is C15H26N2. The Balaban J connectivity index is 2.49. The Bertz CT molecular complexity index is 322. The average Bonchev–Trinajstić information content (AvgIpc) is 2.34. The zero-order valence-corrected chi connectivity index (χ0v) is 11.4. The zero-order chi connectivity index (χ0) is 12.7. The van der Waals surface area contributed by atoms with Crippen molar-refractivity contribution in [2.45, 2.75) is 39.7 Å². The van der Waals surface area contributed by atoms with Gasteiger partial charge in [-0.1, -0.05) is 38.1 Å². The van der Waals surface area contributed by atoms with Crippen LogP contribution in [-0.4, -0.2) is 24.5 Å². The molecule has 0 heterocycles. The van der Waals surface area contributed by atoms with Crippen LogP contribution >= 0.6 is 0 Å². The van der Waals surface area contributed by atoms with Crippen molar-refractivity contribution in [1.82, 2.24) is 4.90 Å². The third-order valence-corrected chi connectivity index (χ3v) is 3.33. The molecule has 0 amide bonds. The van der Waals surface area contributed by atoms with E-state index in [-0.39, 0.29) is 6.04 Å². The maximum atomic E-state index is 6.27. The van der Waals surface area contributed by atoms with Crippen molar-refractivity contribution < 1.29 is 0 Å². The molecule has 1 rings (SSSR count). The van der Waals surface area contributed by atoms with Crippen molar-refractivity contribution in [2.75, 3.05) is 19.6 Å². The molecule has 2 nitrogen and oxygen atoms in total. The number of aryl methyl sites for hydroxylation is 1. The van der Waals surface area contributed by atoms with Crippen LogP contribution < -0.4 is 5.73 Å². The van der Waals surface area contributed by atoms with E-state index in [1.165, 1.54) is 24.1 Å². The van der Waals surface area contributed by atoms with Gasteiger partial charge in [-0.2, -0.15) is 0 Å². The lowest BCUT2D eigenvalue weighted by Crippen LogP contribution is -2.28. The van der Waals surface area contributed by atoms with Gasteiger partial charge in [-0.15, -0.1) is 0 Å². The predicted octanol–water partition coefficient (Wildman–Crippen LogP) is 3.12. The first-order valence-corrected chi connectivity index (χ1v) is 6.72. The van der Waals surface area contributed by atoms with Crippen LogP contribution in [0, 0.1) is 6.92 Å². The Morgan fingerprint density at radius 1 is 1.18 bits per heavy atom. The summed E-state index contributed by atoms with van der Waals surface area (Å²) >= 11 is 0. The smallest absolute Gasteiger partial charge is 0.0309 e. The summed E-state index contributed by atoms with van der Waals surface area (Å²) in [6.07, 6.45) is 2.26. The standard InChI is InChI=1S/C15H26N2/c1-4-11-17(5-2)12-10-15(16)14-9-7-6-8-13(14)3/h6-9,15H,4-5,10-12,16H2,1-3H3. The fraction of sp³-hybridized carbons (Fsp3) is 0.600. The summed E-state index contributed by atoms with van der Waals surface area (Å²) in [7, 11) is 0. The Labute approximate surface area is 106 Å². The maximum absolute atomic E-state index is 6.27. The maximum Gasteiger partial charge on any atom is 0.0309 e. The summed E-state index contributed by atoms with van der Waals surface area (Å²) in [5.74, 6) is 0. The van der Waals surface area contributed by atoms with E-state index in [2.05, 4.69) is 49.9 Å². The van der Waals surface area contributed by atoms with Crippen molar-refractivity contribution in [2.24, 2.45) is 5.73 Å². The minimum Gasteiger partial charge on any atom is -0.324 e. The van der Waals surface area contributed by atoms with E-state index in [1.54, 1.807) is 0 Å². The van der Waals surface area contributed by atoms with Gasteiger partial charge in [0.15, 0.2) is 0 Å². The molecule has 0 bridgehead atoms. The number of hydrogen-bond acceptors (Lipinski definition) is 2. The molecule has 1 aromatic rings. The molecule has 0 aliphatic carbocycles. The Hall–Kier alpha value is -0.860. The molecule has 2 heteroatoms. The lowest BCUT2D eigenvalue weighted by Gasteiger charge is -2.22. The first kappa shape index (κ1) is 14.2. The number of nitrogens with zero attached hydrogens (tertiary/aromatic N) is 1. The van der Waals surface area contributed by atoms with E-state index in [0.29, 0.717) is 0 Å². The van der Waals surface area contributed by atoms with Crippen LogP contribution in [0.5, 0.6) is 0 Å². The van der Waals surface area contributed by atoms with Crippen LogP contribution in [0.1, 0.15) is 43.9 Å². The van der Waals surface area contributed by atoms with Crippen LogP contribution in [0.25, 0.3) is 0 Å². The second kappa shape index (κ2) is 7.46.